The summed E-state index contributed by atoms with van der Waals surface area (Å²) in [5, 5.41) is 3.06. The molecule has 4 nitrogen and oxygen atoms in total. The van der Waals surface area contributed by atoms with E-state index >= 15 is 0 Å². The standard InChI is InChI=1S/C21H35N3O/c1-5-6-11-23(4)15-19-9-12-24(13-10-19)16-21(25)22-20-8-7-17(2)14-18(20)3/h7-8,14,19H,5-6,9-13,15-16H2,1-4H3,(H,22,25). The summed E-state index contributed by atoms with van der Waals surface area (Å²) >= 11 is 0. The van der Waals surface area contributed by atoms with E-state index in [0.29, 0.717) is 6.54 Å². The second kappa shape index (κ2) is 9.93. The second-order valence-electron chi connectivity index (χ2n) is 7.70. The van der Waals surface area contributed by atoms with Crippen LogP contribution >= 0.6 is 0 Å². The molecule has 0 unspecified atom stereocenters. The van der Waals surface area contributed by atoms with Crippen LogP contribution in [0.4, 0.5) is 5.69 Å². The van der Waals surface area contributed by atoms with Crippen molar-refractivity contribution in [2.75, 3.05) is 45.1 Å². The summed E-state index contributed by atoms with van der Waals surface area (Å²) in [4.78, 5) is 17.1. The average molecular weight is 346 g/mol. The molecule has 4 heteroatoms. The minimum absolute atomic E-state index is 0.102. The Morgan fingerprint density at radius 1 is 1.28 bits per heavy atom. The number of carbonyl (C=O) groups is 1. The number of likely N-dealkylation sites (tertiary alicyclic amines) is 1. The lowest BCUT2D eigenvalue weighted by Crippen LogP contribution is -2.41. The Morgan fingerprint density at radius 3 is 2.64 bits per heavy atom. The molecule has 1 heterocycles. The molecule has 1 N–H and O–H groups in total. The third-order valence-electron chi connectivity index (χ3n) is 5.19. The highest BCUT2D eigenvalue weighted by molar-refractivity contribution is 5.93. The van der Waals surface area contributed by atoms with Crippen LogP contribution in [0.15, 0.2) is 18.2 Å². The van der Waals surface area contributed by atoms with Gasteiger partial charge >= 0.3 is 0 Å². The van der Waals surface area contributed by atoms with Crippen molar-refractivity contribution in [3.8, 4) is 0 Å². The predicted molar refractivity (Wildman–Crippen MR) is 106 cm³/mol. The zero-order valence-corrected chi connectivity index (χ0v) is 16.5. The number of unbranched alkanes of at least 4 members (excludes halogenated alkanes) is 1. The highest BCUT2D eigenvalue weighted by atomic mass is 16.2. The number of amides is 1. The molecule has 1 aliphatic rings. The SMILES string of the molecule is CCCCN(C)CC1CCN(CC(=O)Nc2ccc(C)cc2C)CC1. The Morgan fingerprint density at radius 2 is 2.00 bits per heavy atom. The Hall–Kier alpha value is -1.39. The smallest absolute Gasteiger partial charge is 0.238 e. The molecule has 0 aromatic heterocycles. The van der Waals surface area contributed by atoms with Gasteiger partial charge in [-0.25, -0.2) is 0 Å². The van der Waals surface area contributed by atoms with E-state index in [1.165, 1.54) is 44.3 Å². The number of anilines is 1. The van der Waals surface area contributed by atoms with Gasteiger partial charge in [0.25, 0.3) is 0 Å². The largest absolute Gasteiger partial charge is 0.325 e. The lowest BCUT2D eigenvalue weighted by Gasteiger charge is -2.33. The van der Waals surface area contributed by atoms with Crippen molar-refractivity contribution >= 4 is 11.6 Å². The summed E-state index contributed by atoms with van der Waals surface area (Å²) < 4.78 is 0. The van der Waals surface area contributed by atoms with Crippen LogP contribution in [0.5, 0.6) is 0 Å². The molecule has 1 aromatic rings. The van der Waals surface area contributed by atoms with Crippen molar-refractivity contribution in [2.24, 2.45) is 5.92 Å². The van der Waals surface area contributed by atoms with Gasteiger partial charge in [-0.3, -0.25) is 9.69 Å². The van der Waals surface area contributed by atoms with E-state index in [0.717, 1.165) is 30.3 Å². The van der Waals surface area contributed by atoms with Gasteiger partial charge in [0.2, 0.25) is 5.91 Å². The van der Waals surface area contributed by atoms with Gasteiger partial charge in [0.1, 0.15) is 0 Å². The van der Waals surface area contributed by atoms with Gasteiger partial charge in [0.15, 0.2) is 0 Å². The monoisotopic (exact) mass is 345 g/mol. The summed E-state index contributed by atoms with van der Waals surface area (Å²) in [7, 11) is 2.24. The fourth-order valence-corrected chi connectivity index (χ4v) is 3.63. The molecule has 1 aromatic carbocycles. The van der Waals surface area contributed by atoms with Crippen LogP contribution in [0.25, 0.3) is 0 Å². The quantitative estimate of drug-likeness (QED) is 0.780. The van der Waals surface area contributed by atoms with Crippen molar-refractivity contribution in [3.63, 3.8) is 0 Å². The third-order valence-corrected chi connectivity index (χ3v) is 5.19. The van der Waals surface area contributed by atoms with E-state index in [-0.39, 0.29) is 5.91 Å². The number of nitrogens with one attached hydrogen (secondary N) is 1. The van der Waals surface area contributed by atoms with Crippen LogP contribution in [0.3, 0.4) is 0 Å². The number of aryl methyl sites for hydroxylation is 2. The molecule has 0 bridgehead atoms. The molecular formula is C21H35N3O. The molecule has 140 valence electrons. The summed E-state index contributed by atoms with van der Waals surface area (Å²) in [6.45, 7) is 11.3. The number of carbonyl (C=O) groups excluding carboxylic acids is 1. The van der Waals surface area contributed by atoms with Gasteiger partial charge < -0.3 is 10.2 Å². The van der Waals surface area contributed by atoms with E-state index in [1.807, 2.05) is 19.1 Å². The van der Waals surface area contributed by atoms with Crippen LogP contribution in [0.1, 0.15) is 43.7 Å². The van der Waals surface area contributed by atoms with E-state index in [4.69, 9.17) is 0 Å². The zero-order chi connectivity index (χ0) is 18.2. The number of nitrogens with zero attached hydrogens (tertiary/aromatic N) is 2. The normalized spacial score (nSPS) is 16.4. The van der Waals surface area contributed by atoms with Gasteiger partial charge in [-0.2, -0.15) is 0 Å². The Balaban J connectivity index is 1.71. The van der Waals surface area contributed by atoms with Gasteiger partial charge in [-0.1, -0.05) is 31.0 Å². The maximum absolute atomic E-state index is 12.3. The molecule has 0 spiro atoms. The highest BCUT2D eigenvalue weighted by Gasteiger charge is 2.21. The van der Waals surface area contributed by atoms with Gasteiger partial charge in [-0.15, -0.1) is 0 Å². The number of hydrogen-bond acceptors (Lipinski definition) is 3. The number of rotatable bonds is 8. The maximum Gasteiger partial charge on any atom is 0.238 e. The van der Waals surface area contributed by atoms with Gasteiger partial charge in [0.05, 0.1) is 6.54 Å². The second-order valence-corrected chi connectivity index (χ2v) is 7.70. The lowest BCUT2D eigenvalue weighted by atomic mass is 9.96. The molecule has 25 heavy (non-hydrogen) atoms. The van der Waals surface area contributed by atoms with E-state index < -0.39 is 0 Å². The van der Waals surface area contributed by atoms with Crippen LogP contribution in [0.2, 0.25) is 0 Å². The molecular weight excluding hydrogens is 310 g/mol. The molecule has 1 saturated heterocycles. The average Bonchev–Trinajstić information content (AvgIpc) is 2.57. The first kappa shape index (κ1) is 19.9. The fourth-order valence-electron chi connectivity index (χ4n) is 3.63. The number of piperidine rings is 1. The zero-order valence-electron chi connectivity index (χ0n) is 16.5. The maximum atomic E-state index is 12.3. The molecule has 0 aliphatic carbocycles. The Labute approximate surface area is 153 Å². The van der Waals surface area contributed by atoms with E-state index in [1.54, 1.807) is 0 Å². The lowest BCUT2D eigenvalue weighted by molar-refractivity contribution is -0.117. The minimum Gasteiger partial charge on any atom is -0.325 e. The van der Waals surface area contributed by atoms with Crippen LogP contribution in [0, 0.1) is 19.8 Å². The number of hydrogen-bond donors (Lipinski definition) is 1. The Bertz CT molecular complexity index is 550. The van der Waals surface area contributed by atoms with Crippen molar-refractivity contribution in [2.45, 2.75) is 46.5 Å². The van der Waals surface area contributed by atoms with Crippen LogP contribution in [-0.4, -0.2) is 55.5 Å². The molecule has 0 saturated carbocycles. The first-order chi connectivity index (χ1) is 12.0. The molecule has 1 aliphatic heterocycles. The fraction of sp³-hybridized carbons (Fsp3) is 0.667. The molecule has 2 rings (SSSR count). The molecule has 1 amide bonds. The van der Waals surface area contributed by atoms with E-state index in [2.05, 4.69) is 42.1 Å². The van der Waals surface area contributed by atoms with Crippen molar-refractivity contribution in [3.05, 3.63) is 29.3 Å². The van der Waals surface area contributed by atoms with Gasteiger partial charge in [-0.05, 0) is 77.3 Å². The van der Waals surface area contributed by atoms with E-state index in [9.17, 15) is 4.79 Å². The topological polar surface area (TPSA) is 35.6 Å². The first-order valence-corrected chi connectivity index (χ1v) is 9.76. The van der Waals surface area contributed by atoms with Gasteiger partial charge in [0, 0.05) is 12.2 Å². The first-order valence-electron chi connectivity index (χ1n) is 9.76. The summed E-state index contributed by atoms with van der Waals surface area (Å²) in [5.74, 6) is 0.881. The molecule has 0 radical (unpaired) electrons. The predicted octanol–water partition coefficient (Wildman–Crippen LogP) is 3.69. The molecule has 1 fully saturated rings. The summed E-state index contributed by atoms with van der Waals surface area (Å²) in [6.07, 6.45) is 4.95. The van der Waals surface area contributed by atoms with Crippen molar-refractivity contribution in [1.29, 1.82) is 0 Å². The van der Waals surface area contributed by atoms with Crippen LogP contribution < -0.4 is 5.32 Å². The summed E-state index contributed by atoms with van der Waals surface area (Å²) in [6, 6.07) is 6.15. The highest BCUT2D eigenvalue weighted by Crippen LogP contribution is 2.19. The van der Waals surface area contributed by atoms with Crippen LogP contribution in [-0.2, 0) is 4.79 Å². The Kier molecular flexibility index (Phi) is 7.91. The van der Waals surface area contributed by atoms with Crippen molar-refractivity contribution < 1.29 is 4.79 Å². The number of benzene rings is 1. The summed E-state index contributed by atoms with van der Waals surface area (Å²) in [5.41, 5.74) is 3.28. The third kappa shape index (κ3) is 6.79. The minimum atomic E-state index is 0.102. The van der Waals surface area contributed by atoms with Crippen molar-refractivity contribution in [1.82, 2.24) is 9.80 Å². The molecule has 0 atom stereocenters.